The molecule has 142 valence electrons. The molecule has 0 radical (unpaired) electrons. The topological polar surface area (TPSA) is 82.6 Å². The lowest BCUT2D eigenvalue weighted by molar-refractivity contribution is 0.0949. The summed E-state index contributed by atoms with van der Waals surface area (Å²) in [4.78, 5) is 21.4. The lowest BCUT2D eigenvalue weighted by Gasteiger charge is -2.09. The number of nitrogens with one attached hydrogen (secondary N) is 1. The Morgan fingerprint density at radius 2 is 1.93 bits per heavy atom. The lowest BCUT2D eigenvalue weighted by atomic mass is 10.1. The van der Waals surface area contributed by atoms with E-state index in [1.807, 2.05) is 42.5 Å². The average molecular weight is 377 g/mol. The van der Waals surface area contributed by atoms with Gasteiger partial charge in [0.15, 0.2) is 17.3 Å². The van der Waals surface area contributed by atoms with Crippen LogP contribution in [0.3, 0.4) is 0 Å². The zero-order chi connectivity index (χ0) is 19.5. The van der Waals surface area contributed by atoms with Crippen LogP contribution in [0.15, 0.2) is 48.7 Å². The zero-order valence-corrected chi connectivity index (χ0v) is 15.6. The molecule has 1 aliphatic rings. The minimum atomic E-state index is -0.226. The van der Waals surface area contributed by atoms with Crippen molar-refractivity contribution in [3.05, 3.63) is 65.5 Å². The third kappa shape index (κ3) is 3.59. The van der Waals surface area contributed by atoms with Crippen LogP contribution >= 0.6 is 0 Å². The number of hydrogen-bond donors (Lipinski definition) is 1. The number of amides is 1. The minimum absolute atomic E-state index is 0.224. The number of carbonyl (C=O) groups is 1. The molecule has 3 aromatic rings. The Kier molecular flexibility index (Phi) is 4.80. The van der Waals surface area contributed by atoms with Gasteiger partial charge in [0.05, 0.1) is 18.4 Å². The van der Waals surface area contributed by atoms with Crippen LogP contribution < -0.4 is 19.5 Å². The maximum Gasteiger partial charge on any atom is 0.254 e. The summed E-state index contributed by atoms with van der Waals surface area (Å²) in [6, 6.07) is 13.0. The van der Waals surface area contributed by atoms with Crippen LogP contribution in [-0.2, 0) is 6.54 Å². The maximum absolute atomic E-state index is 12.5. The first-order valence-corrected chi connectivity index (χ1v) is 8.79. The number of carbonyl (C=O) groups excluding carboxylic acids is 1. The largest absolute Gasteiger partial charge is 0.497 e. The fourth-order valence-electron chi connectivity index (χ4n) is 2.90. The Morgan fingerprint density at radius 1 is 1.14 bits per heavy atom. The van der Waals surface area contributed by atoms with Crippen molar-refractivity contribution < 1.29 is 19.0 Å². The molecule has 0 unspecified atom stereocenters. The van der Waals surface area contributed by atoms with E-state index >= 15 is 0 Å². The van der Waals surface area contributed by atoms with Crippen LogP contribution in [0.5, 0.6) is 17.2 Å². The van der Waals surface area contributed by atoms with E-state index in [-0.39, 0.29) is 12.7 Å². The van der Waals surface area contributed by atoms with Gasteiger partial charge < -0.3 is 19.5 Å². The predicted octanol–water partition coefficient (Wildman–Crippen LogP) is 3.12. The third-order valence-corrected chi connectivity index (χ3v) is 4.46. The summed E-state index contributed by atoms with van der Waals surface area (Å²) in [7, 11) is 1.62. The highest BCUT2D eigenvalue weighted by atomic mass is 16.7. The molecule has 2 aromatic carbocycles. The molecule has 7 heteroatoms. The van der Waals surface area contributed by atoms with E-state index in [1.165, 1.54) is 0 Å². The number of aromatic nitrogens is 2. The van der Waals surface area contributed by atoms with Crippen molar-refractivity contribution in [1.82, 2.24) is 15.3 Å². The van der Waals surface area contributed by atoms with Crippen LogP contribution in [0.4, 0.5) is 0 Å². The van der Waals surface area contributed by atoms with E-state index in [9.17, 15) is 4.79 Å². The molecule has 7 nitrogen and oxygen atoms in total. The van der Waals surface area contributed by atoms with E-state index in [4.69, 9.17) is 14.2 Å². The molecule has 0 spiro atoms. The van der Waals surface area contributed by atoms with Crippen LogP contribution in [0.1, 0.15) is 21.6 Å². The van der Waals surface area contributed by atoms with Crippen molar-refractivity contribution in [3.63, 3.8) is 0 Å². The Morgan fingerprint density at radius 3 is 2.68 bits per heavy atom. The molecule has 1 N–H and O–H groups in total. The van der Waals surface area contributed by atoms with Gasteiger partial charge in [0.25, 0.3) is 5.91 Å². The van der Waals surface area contributed by atoms with Gasteiger partial charge >= 0.3 is 0 Å². The molecule has 4 rings (SSSR count). The summed E-state index contributed by atoms with van der Waals surface area (Å²) in [6.45, 7) is 2.39. The smallest absolute Gasteiger partial charge is 0.254 e. The van der Waals surface area contributed by atoms with Gasteiger partial charge in [0.2, 0.25) is 6.79 Å². The second kappa shape index (κ2) is 7.56. The predicted molar refractivity (Wildman–Crippen MR) is 102 cm³/mol. The van der Waals surface area contributed by atoms with Gasteiger partial charge in [-0.05, 0) is 48.9 Å². The monoisotopic (exact) mass is 377 g/mol. The highest BCUT2D eigenvalue weighted by Gasteiger charge is 2.15. The number of benzene rings is 2. The molecular weight excluding hydrogens is 358 g/mol. The zero-order valence-electron chi connectivity index (χ0n) is 15.6. The van der Waals surface area contributed by atoms with Crippen molar-refractivity contribution >= 4 is 5.91 Å². The first-order valence-electron chi connectivity index (χ1n) is 8.79. The van der Waals surface area contributed by atoms with Gasteiger partial charge in [-0.25, -0.2) is 9.97 Å². The van der Waals surface area contributed by atoms with Gasteiger partial charge in [-0.2, -0.15) is 0 Å². The summed E-state index contributed by atoms with van der Waals surface area (Å²) < 4.78 is 15.8. The number of aryl methyl sites for hydroxylation is 1. The average Bonchev–Trinajstić information content (AvgIpc) is 3.20. The molecule has 28 heavy (non-hydrogen) atoms. The molecule has 1 aromatic heterocycles. The van der Waals surface area contributed by atoms with Gasteiger partial charge in [-0.1, -0.05) is 6.07 Å². The molecule has 2 heterocycles. The quantitative estimate of drug-likeness (QED) is 0.736. The van der Waals surface area contributed by atoms with Crippen molar-refractivity contribution in [2.24, 2.45) is 0 Å². The lowest BCUT2D eigenvalue weighted by Crippen LogP contribution is -2.24. The summed E-state index contributed by atoms with van der Waals surface area (Å²) in [6.07, 6.45) is 1.55. The number of hydrogen-bond acceptors (Lipinski definition) is 6. The normalized spacial score (nSPS) is 11.9. The van der Waals surface area contributed by atoms with Gasteiger partial charge in [0, 0.05) is 18.3 Å². The molecule has 1 aliphatic heterocycles. The van der Waals surface area contributed by atoms with E-state index in [1.54, 1.807) is 20.2 Å². The van der Waals surface area contributed by atoms with Crippen LogP contribution in [-0.4, -0.2) is 29.8 Å². The van der Waals surface area contributed by atoms with Gasteiger partial charge in [0.1, 0.15) is 5.75 Å². The molecular formula is C21H19N3O4. The van der Waals surface area contributed by atoms with E-state index < -0.39 is 0 Å². The second-order valence-electron chi connectivity index (χ2n) is 6.29. The van der Waals surface area contributed by atoms with Gasteiger partial charge in [-0.3, -0.25) is 4.79 Å². The van der Waals surface area contributed by atoms with Crippen molar-refractivity contribution in [2.45, 2.75) is 13.5 Å². The summed E-state index contributed by atoms with van der Waals surface area (Å²) in [5, 5.41) is 2.89. The van der Waals surface area contributed by atoms with Crippen molar-refractivity contribution in [2.75, 3.05) is 13.9 Å². The van der Waals surface area contributed by atoms with Crippen LogP contribution in [0, 0.1) is 6.92 Å². The molecule has 1 amide bonds. The Labute approximate surface area is 162 Å². The SMILES string of the molecule is COc1ccc(-c2ncc(C(=O)NCc3ccc4c(c3)OCO4)c(C)n2)cc1. The molecule has 0 aliphatic carbocycles. The number of nitrogens with zero attached hydrogens (tertiary/aromatic N) is 2. The number of rotatable bonds is 5. The summed E-state index contributed by atoms with van der Waals surface area (Å²) >= 11 is 0. The van der Waals surface area contributed by atoms with E-state index in [0.29, 0.717) is 35.1 Å². The highest BCUT2D eigenvalue weighted by Crippen LogP contribution is 2.32. The first kappa shape index (κ1) is 17.8. The fraction of sp³-hybridized carbons (Fsp3) is 0.190. The number of ether oxygens (including phenoxy) is 3. The van der Waals surface area contributed by atoms with Crippen LogP contribution in [0.25, 0.3) is 11.4 Å². The third-order valence-electron chi connectivity index (χ3n) is 4.46. The molecule has 0 atom stereocenters. The van der Waals surface area contributed by atoms with Crippen LogP contribution in [0.2, 0.25) is 0 Å². The standard InChI is InChI=1S/C21H19N3O4/c1-13-17(11-22-20(24-13)15-4-6-16(26-2)7-5-15)21(25)23-10-14-3-8-18-19(9-14)28-12-27-18/h3-9,11H,10,12H2,1-2H3,(H,23,25). The fourth-order valence-corrected chi connectivity index (χ4v) is 2.90. The number of fused-ring (bicyclic) bond motifs is 1. The van der Waals surface area contributed by atoms with E-state index in [2.05, 4.69) is 15.3 Å². The minimum Gasteiger partial charge on any atom is -0.497 e. The first-order chi connectivity index (χ1) is 13.6. The van der Waals surface area contributed by atoms with Crippen molar-refractivity contribution in [3.8, 4) is 28.6 Å². The second-order valence-corrected chi connectivity index (χ2v) is 6.29. The molecule has 0 saturated heterocycles. The Hall–Kier alpha value is -3.61. The highest BCUT2D eigenvalue weighted by molar-refractivity contribution is 5.95. The molecule has 0 bridgehead atoms. The molecule has 0 saturated carbocycles. The molecule has 0 fully saturated rings. The van der Waals surface area contributed by atoms with E-state index in [0.717, 1.165) is 16.9 Å². The number of methoxy groups -OCH3 is 1. The summed E-state index contributed by atoms with van der Waals surface area (Å²) in [5.41, 5.74) is 2.84. The van der Waals surface area contributed by atoms with Gasteiger partial charge in [-0.15, -0.1) is 0 Å². The Bertz CT molecular complexity index is 1020. The summed E-state index contributed by atoms with van der Waals surface area (Å²) in [5.74, 6) is 2.51. The Balaban J connectivity index is 1.45. The maximum atomic E-state index is 12.5. The van der Waals surface area contributed by atoms with Crippen molar-refractivity contribution in [1.29, 1.82) is 0 Å².